The minimum Gasteiger partial charge on any atom is -0.510 e. The molecule has 0 bridgehead atoms. The number of carboxylic acids is 1. The maximum absolute atomic E-state index is 13.8. The van der Waals surface area contributed by atoms with E-state index >= 15 is 0 Å². The summed E-state index contributed by atoms with van der Waals surface area (Å²) in [6.45, 7) is 1.65. The summed E-state index contributed by atoms with van der Waals surface area (Å²) < 4.78 is 5.85. The van der Waals surface area contributed by atoms with Crippen molar-refractivity contribution < 1.29 is 54.2 Å². The number of aliphatic hydroxyl groups is 3. The number of carboxylic acid groups (broad SMARTS) is 1. The molecule has 13 nitrogen and oxygen atoms in total. The van der Waals surface area contributed by atoms with Gasteiger partial charge in [-0.1, -0.05) is 19.1 Å². The van der Waals surface area contributed by atoms with Crippen LogP contribution < -0.4 is 5.73 Å². The Balaban J connectivity index is 1.95. The van der Waals surface area contributed by atoms with Crippen molar-refractivity contribution in [3.63, 3.8) is 0 Å². The lowest BCUT2D eigenvalue weighted by molar-refractivity contribution is -0.181. The molecule has 0 aromatic heterocycles. The van der Waals surface area contributed by atoms with Crippen molar-refractivity contribution >= 4 is 29.4 Å². The van der Waals surface area contributed by atoms with Crippen LogP contribution in [-0.4, -0.2) is 91.7 Å². The van der Waals surface area contributed by atoms with Crippen molar-refractivity contribution in [2.24, 2.45) is 17.6 Å². The second-order valence-electron chi connectivity index (χ2n) is 10.9. The molecule has 0 saturated carbocycles. The van der Waals surface area contributed by atoms with Crippen LogP contribution >= 0.6 is 0 Å². The number of carbonyl (C=O) groups is 5. The summed E-state index contributed by atoms with van der Waals surface area (Å²) in [7, 11) is 2.92. The number of unbranched alkanes of at least 4 members (excludes halogenated alkanes) is 1. The van der Waals surface area contributed by atoms with E-state index in [1.165, 1.54) is 31.1 Å². The lowest BCUT2D eigenvalue weighted by Gasteiger charge is -2.54. The minimum atomic E-state index is -3.02. The Morgan fingerprint density at radius 2 is 1.71 bits per heavy atom. The van der Waals surface area contributed by atoms with E-state index in [1.807, 2.05) is 0 Å². The van der Waals surface area contributed by atoms with Gasteiger partial charge in [0.2, 0.25) is 5.78 Å². The van der Waals surface area contributed by atoms with E-state index in [2.05, 4.69) is 0 Å². The van der Waals surface area contributed by atoms with Gasteiger partial charge in [-0.2, -0.15) is 0 Å². The van der Waals surface area contributed by atoms with Gasteiger partial charge in [-0.25, -0.2) is 0 Å². The van der Waals surface area contributed by atoms with Crippen LogP contribution in [0.5, 0.6) is 5.75 Å². The van der Waals surface area contributed by atoms with Gasteiger partial charge in [-0.3, -0.25) is 28.9 Å². The highest BCUT2D eigenvalue weighted by Crippen LogP contribution is 2.56. The van der Waals surface area contributed by atoms with Crippen molar-refractivity contribution in [1.82, 2.24) is 4.90 Å². The zero-order valence-electron chi connectivity index (χ0n) is 22.7. The number of carbonyl (C=O) groups excluding carboxylic acids is 4. The molecule has 6 atom stereocenters. The number of ether oxygens (including phenoxy) is 1. The normalized spacial score (nSPS) is 29.1. The van der Waals surface area contributed by atoms with E-state index in [-0.39, 0.29) is 31.2 Å². The first-order chi connectivity index (χ1) is 19.2. The minimum absolute atomic E-state index is 0.142. The van der Waals surface area contributed by atoms with Gasteiger partial charge in [0.25, 0.3) is 5.91 Å². The number of rotatable bonds is 8. The maximum atomic E-state index is 13.8. The molecule has 220 valence electrons. The number of hydrogen-bond acceptors (Lipinski definition) is 11. The van der Waals surface area contributed by atoms with Crippen molar-refractivity contribution in [3.8, 4) is 5.75 Å². The highest BCUT2D eigenvalue weighted by molar-refractivity contribution is 6.25. The molecule has 0 heterocycles. The number of benzene rings is 1. The summed E-state index contributed by atoms with van der Waals surface area (Å²) in [5.74, 6) is -11.4. The number of phenolic OH excluding ortho intramolecular Hbond substituents is 1. The first-order valence-corrected chi connectivity index (χ1v) is 13.0. The van der Waals surface area contributed by atoms with Crippen LogP contribution in [0.25, 0.3) is 0 Å². The predicted octanol–water partition coefficient (Wildman–Crippen LogP) is 0.848. The van der Waals surface area contributed by atoms with Crippen molar-refractivity contribution in [2.75, 3.05) is 14.1 Å². The number of ketones is 2. The van der Waals surface area contributed by atoms with Crippen LogP contribution in [0.1, 0.15) is 54.4 Å². The number of hydrogen-bond donors (Lipinski definition) is 6. The van der Waals surface area contributed by atoms with Crippen LogP contribution in [0, 0.1) is 11.8 Å². The van der Waals surface area contributed by atoms with Crippen LogP contribution in [-0.2, 0) is 23.9 Å². The van der Waals surface area contributed by atoms with E-state index in [9.17, 15) is 44.4 Å². The second kappa shape index (κ2) is 10.6. The quantitative estimate of drug-likeness (QED) is 0.145. The summed E-state index contributed by atoms with van der Waals surface area (Å²) in [6.07, 6.45) is -1.62. The third kappa shape index (κ3) is 4.54. The smallest absolute Gasteiger partial charge is 0.306 e. The van der Waals surface area contributed by atoms with Crippen molar-refractivity contribution in [2.45, 2.75) is 56.3 Å². The number of primary amides is 1. The summed E-state index contributed by atoms with van der Waals surface area (Å²) in [5.41, 5.74) is 1.09. The van der Waals surface area contributed by atoms with E-state index in [1.54, 1.807) is 13.0 Å². The van der Waals surface area contributed by atoms with E-state index in [0.29, 0.717) is 5.56 Å². The molecule has 1 amide bonds. The molecule has 7 N–H and O–H groups in total. The Labute approximate surface area is 234 Å². The molecule has 13 heteroatoms. The fourth-order valence-corrected chi connectivity index (χ4v) is 6.45. The molecular formula is C28H32N2O11. The number of esters is 1. The summed E-state index contributed by atoms with van der Waals surface area (Å²) in [6, 6.07) is 2.96. The van der Waals surface area contributed by atoms with E-state index < -0.39 is 93.3 Å². The fraction of sp³-hybridized carbons (Fsp3) is 0.464. The standard InChI is InChI=1S/C28H32N2O11/c1-11-12-7-6-8-13(31)17(12)22(35)18-16(11)24(41-15(34)10-5-4-9-14(32)33)20-21(30(2)3)23(36)19(27(29)39)26(38)28(20,40)25(18)37/h6-8,11,16,20-21,24,31,36-37,40H,4-5,9-10H2,1-3H3,(H2,29,39)(H,32,33)/t11-,16-,20-,21-,24-,28+/m1/s1. The summed E-state index contributed by atoms with van der Waals surface area (Å²) in [5, 5.41) is 54.0. The Morgan fingerprint density at radius 3 is 2.29 bits per heavy atom. The molecule has 3 aliphatic carbocycles. The van der Waals surface area contributed by atoms with Crippen molar-refractivity contribution in [1.29, 1.82) is 0 Å². The number of phenols is 1. The van der Waals surface area contributed by atoms with Gasteiger partial charge in [0.1, 0.15) is 28.9 Å². The van der Waals surface area contributed by atoms with Crippen LogP contribution in [0.2, 0.25) is 0 Å². The molecule has 0 fully saturated rings. The Kier molecular flexibility index (Phi) is 7.71. The molecule has 41 heavy (non-hydrogen) atoms. The van der Waals surface area contributed by atoms with Gasteiger partial charge in [0, 0.05) is 24.3 Å². The Bertz CT molecular complexity index is 1410. The van der Waals surface area contributed by atoms with Gasteiger partial charge in [0.15, 0.2) is 11.4 Å². The third-order valence-electron chi connectivity index (χ3n) is 8.26. The Morgan fingerprint density at radius 1 is 1.07 bits per heavy atom. The Hall–Kier alpha value is -4.23. The monoisotopic (exact) mass is 572 g/mol. The highest BCUT2D eigenvalue weighted by atomic mass is 16.5. The largest absolute Gasteiger partial charge is 0.510 e. The number of Topliss-reactive ketones (excluding diaryl/α,β-unsaturated/α-hetero) is 2. The van der Waals surface area contributed by atoms with Gasteiger partial charge >= 0.3 is 11.9 Å². The van der Waals surface area contributed by atoms with Crippen LogP contribution in [0.3, 0.4) is 0 Å². The van der Waals surface area contributed by atoms with Crippen LogP contribution in [0.4, 0.5) is 0 Å². The maximum Gasteiger partial charge on any atom is 0.306 e. The fourth-order valence-electron chi connectivity index (χ4n) is 6.45. The highest BCUT2D eigenvalue weighted by Gasteiger charge is 2.68. The van der Waals surface area contributed by atoms with E-state index in [0.717, 1.165) is 0 Å². The van der Waals surface area contributed by atoms with E-state index in [4.69, 9.17) is 15.6 Å². The molecule has 3 aliphatic rings. The number of likely N-dealkylation sites (N-methyl/N-ethyl adjacent to an activating group) is 1. The van der Waals surface area contributed by atoms with Gasteiger partial charge in [-0.15, -0.1) is 0 Å². The average molecular weight is 573 g/mol. The molecule has 4 rings (SSSR count). The molecule has 0 saturated heterocycles. The lowest BCUT2D eigenvalue weighted by atomic mass is 9.55. The zero-order valence-corrected chi connectivity index (χ0v) is 22.7. The molecule has 0 spiro atoms. The summed E-state index contributed by atoms with van der Waals surface area (Å²) >= 11 is 0. The lowest BCUT2D eigenvalue weighted by Crippen LogP contribution is -2.69. The number of nitrogens with zero attached hydrogens (tertiary/aromatic N) is 1. The van der Waals surface area contributed by atoms with Gasteiger partial charge in [0.05, 0.1) is 17.5 Å². The third-order valence-corrected chi connectivity index (χ3v) is 8.26. The molecular weight excluding hydrogens is 540 g/mol. The SMILES string of the molecule is C[C@@H]1c2cccc(O)c2C(=O)C2=C(O)[C@]3(O)C(=O)C(C(N)=O)=C(O)[C@H](N(C)C)[C@@H]3[C@H](OC(=O)CCCCC(=O)O)[C@@H]21. The first-order valence-electron chi connectivity index (χ1n) is 13.0. The van der Waals surface area contributed by atoms with Gasteiger partial charge < -0.3 is 36.0 Å². The molecule has 1 aromatic rings. The average Bonchev–Trinajstić information content (AvgIpc) is 2.88. The number of amides is 1. The molecule has 1 aromatic carbocycles. The molecule has 0 unspecified atom stereocenters. The predicted molar refractivity (Wildman–Crippen MR) is 140 cm³/mol. The summed E-state index contributed by atoms with van der Waals surface area (Å²) in [4.78, 5) is 65.0. The van der Waals surface area contributed by atoms with Gasteiger partial charge in [-0.05, 0) is 44.5 Å². The number of fused-ring (bicyclic) bond motifs is 3. The van der Waals surface area contributed by atoms with Crippen LogP contribution in [0.15, 0.2) is 40.9 Å². The molecule has 0 aliphatic heterocycles. The number of aliphatic hydroxyl groups excluding tert-OH is 2. The second-order valence-corrected chi connectivity index (χ2v) is 10.9. The number of nitrogens with two attached hydrogens (primary N) is 1. The first kappa shape index (κ1) is 29.7. The number of aliphatic carboxylic acids is 1. The molecule has 0 radical (unpaired) electrons. The van der Waals surface area contributed by atoms with Crippen molar-refractivity contribution in [3.05, 3.63) is 52.0 Å². The number of aromatic hydroxyl groups is 1. The zero-order chi connectivity index (χ0) is 30.5. The topological polar surface area (TPSA) is 225 Å².